The molecule has 0 bridgehead atoms. The highest BCUT2D eigenvalue weighted by Crippen LogP contribution is 2.26. The third kappa shape index (κ3) is 9.84. The van der Waals surface area contributed by atoms with Crippen molar-refractivity contribution < 1.29 is 19.1 Å². The molecule has 5 aromatic carbocycles. The molecular formula is C38H32Cl3N3O4. The molecule has 0 aromatic heterocycles. The van der Waals surface area contributed by atoms with Crippen molar-refractivity contribution in [3.05, 3.63) is 165 Å². The Labute approximate surface area is 294 Å². The number of carbonyl (C=O) groups excluding carboxylic acids is 3. The Morgan fingerprint density at radius 2 is 1.15 bits per heavy atom. The van der Waals surface area contributed by atoms with Crippen LogP contribution in [0.15, 0.2) is 127 Å². The Morgan fingerprint density at radius 3 is 1.73 bits per heavy atom. The monoisotopic (exact) mass is 699 g/mol. The summed E-state index contributed by atoms with van der Waals surface area (Å²) in [6, 6.07) is 35.5. The van der Waals surface area contributed by atoms with Gasteiger partial charge < -0.3 is 20.7 Å². The van der Waals surface area contributed by atoms with Gasteiger partial charge >= 0.3 is 0 Å². The van der Waals surface area contributed by atoms with Crippen LogP contribution in [0.4, 0.5) is 5.69 Å². The number of hydrogen-bond acceptors (Lipinski definition) is 4. The van der Waals surface area contributed by atoms with Crippen LogP contribution < -0.4 is 20.7 Å². The highest BCUT2D eigenvalue weighted by Gasteiger charge is 2.29. The zero-order chi connectivity index (χ0) is 33.9. The molecule has 10 heteroatoms. The normalized spacial score (nSPS) is 12.0. The average Bonchev–Trinajstić information content (AvgIpc) is 3.10. The van der Waals surface area contributed by atoms with Crippen molar-refractivity contribution in [2.24, 2.45) is 0 Å². The van der Waals surface area contributed by atoms with Gasteiger partial charge in [-0.1, -0.05) is 126 Å². The smallest absolute Gasteiger partial charge is 0.255 e. The minimum absolute atomic E-state index is 0.158. The molecule has 0 unspecified atom stereocenters. The first-order chi connectivity index (χ1) is 23.2. The summed E-state index contributed by atoms with van der Waals surface area (Å²) in [5, 5.41) is 9.51. The Kier molecular flexibility index (Phi) is 12.1. The van der Waals surface area contributed by atoms with Crippen molar-refractivity contribution in [3.63, 3.8) is 0 Å². The van der Waals surface area contributed by atoms with E-state index in [4.69, 9.17) is 39.5 Å². The molecule has 0 saturated carbocycles. The number of amides is 3. The molecule has 3 N–H and O–H groups in total. The standard InChI is InChI=1S/C38H32Cl3N3O4/c39-28-16-19-35(48-24-27-14-8-3-9-15-27)30(22-28)36(45)43-34(21-26-12-6-2-7-13-26)38(47)44-33(20-25-10-4-1-5-11-25)37(46)42-29-17-18-31(40)32(41)23-29/h1-19,22-23,33-34H,20-21,24H2,(H,42,46)(H,43,45)(H,44,47)/t33-,34-/m0/s1. The lowest BCUT2D eigenvalue weighted by Crippen LogP contribution is -2.54. The molecule has 0 saturated heterocycles. The van der Waals surface area contributed by atoms with Gasteiger partial charge in [-0.25, -0.2) is 0 Å². The largest absolute Gasteiger partial charge is 0.488 e. The fraction of sp³-hybridized carbons (Fsp3) is 0.132. The summed E-state index contributed by atoms with van der Waals surface area (Å²) in [7, 11) is 0. The van der Waals surface area contributed by atoms with Gasteiger partial charge in [0.05, 0.1) is 15.6 Å². The van der Waals surface area contributed by atoms with E-state index in [9.17, 15) is 14.4 Å². The summed E-state index contributed by atoms with van der Waals surface area (Å²) < 4.78 is 6.00. The molecule has 3 amide bonds. The average molecular weight is 701 g/mol. The predicted molar refractivity (Wildman–Crippen MR) is 191 cm³/mol. The topological polar surface area (TPSA) is 96.5 Å². The van der Waals surface area contributed by atoms with Gasteiger partial charge in [0, 0.05) is 23.6 Å². The van der Waals surface area contributed by atoms with Crippen LogP contribution in [0.1, 0.15) is 27.0 Å². The summed E-state index contributed by atoms with van der Waals surface area (Å²) >= 11 is 18.5. The molecule has 5 aromatic rings. The highest BCUT2D eigenvalue weighted by atomic mass is 35.5. The summed E-state index contributed by atoms with van der Waals surface area (Å²) in [6.07, 6.45) is 0.350. The van der Waals surface area contributed by atoms with Gasteiger partial charge in [0.1, 0.15) is 24.4 Å². The predicted octanol–water partition coefficient (Wildman–Crippen LogP) is 7.93. The maximum atomic E-state index is 14.0. The van der Waals surface area contributed by atoms with Crippen molar-refractivity contribution >= 4 is 58.2 Å². The van der Waals surface area contributed by atoms with Crippen LogP contribution in [0, 0.1) is 0 Å². The number of nitrogens with one attached hydrogen (secondary N) is 3. The van der Waals surface area contributed by atoms with Crippen LogP contribution in [0.5, 0.6) is 5.75 Å². The number of carbonyl (C=O) groups is 3. The molecule has 0 heterocycles. The third-order valence-corrected chi connectivity index (χ3v) is 8.40. The van der Waals surface area contributed by atoms with Gasteiger partial charge in [-0.2, -0.15) is 0 Å². The molecule has 48 heavy (non-hydrogen) atoms. The first-order valence-corrected chi connectivity index (χ1v) is 16.3. The Morgan fingerprint density at radius 1 is 0.583 bits per heavy atom. The molecule has 0 aliphatic rings. The molecule has 0 aliphatic heterocycles. The number of halogens is 3. The molecule has 0 spiro atoms. The number of anilines is 1. The fourth-order valence-corrected chi connectivity index (χ4v) is 5.44. The fourth-order valence-electron chi connectivity index (χ4n) is 4.97. The van der Waals surface area contributed by atoms with E-state index in [1.165, 1.54) is 12.1 Å². The maximum absolute atomic E-state index is 14.0. The second-order valence-electron chi connectivity index (χ2n) is 11.0. The van der Waals surface area contributed by atoms with Crippen LogP contribution in [-0.4, -0.2) is 29.8 Å². The van der Waals surface area contributed by atoms with Gasteiger partial charge in [0.25, 0.3) is 5.91 Å². The van der Waals surface area contributed by atoms with Gasteiger partial charge in [-0.3, -0.25) is 14.4 Å². The van der Waals surface area contributed by atoms with E-state index >= 15 is 0 Å². The third-order valence-electron chi connectivity index (χ3n) is 7.43. The van der Waals surface area contributed by atoms with Gasteiger partial charge in [-0.05, 0) is 53.1 Å². The first kappa shape index (κ1) is 34.5. The minimum Gasteiger partial charge on any atom is -0.488 e. The number of benzene rings is 5. The van der Waals surface area contributed by atoms with E-state index in [-0.39, 0.29) is 30.0 Å². The van der Waals surface area contributed by atoms with E-state index in [1.54, 1.807) is 24.3 Å². The number of ether oxygens (including phenoxy) is 1. The first-order valence-electron chi connectivity index (χ1n) is 15.2. The molecule has 2 atom stereocenters. The lowest BCUT2D eigenvalue weighted by atomic mass is 10.0. The van der Waals surface area contributed by atoms with Crippen LogP contribution in [0.25, 0.3) is 0 Å². The number of hydrogen-bond donors (Lipinski definition) is 3. The van der Waals surface area contributed by atoms with E-state index in [0.29, 0.717) is 21.5 Å². The summed E-state index contributed by atoms with van der Waals surface area (Å²) in [4.78, 5) is 41.5. The zero-order valence-electron chi connectivity index (χ0n) is 25.7. The molecule has 7 nitrogen and oxygen atoms in total. The second kappa shape index (κ2) is 16.8. The summed E-state index contributed by atoms with van der Waals surface area (Å²) in [6.45, 7) is 0.228. The van der Waals surface area contributed by atoms with Crippen molar-refractivity contribution in [1.82, 2.24) is 10.6 Å². The van der Waals surface area contributed by atoms with Crippen molar-refractivity contribution in [1.29, 1.82) is 0 Å². The van der Waals surface area contributed by atoms with Gasteiger partial charge in [-0.15, -0.1) is 0 Å². The molecule has 0 aliphatic carbocycles. The van der Waals surface area contributed by atoms with Crippen LogP contribution >= 0.6 is 34.8 Å². The zero-order valence-corrected chi connectivity index (χ0v) is 27.9. The van der Waals surface area contributed by atoms with E-state index in [2.05, 4.69) is 16.0 Å². The van der Waals surface area contributed by atoms with E-state index in [0.717, 1.165) is 16.7 Å². The Balaban J connectivity index is 1.39. The van der Waals surface area contributed by atoms with Crippen LogP contribution in [0.2, 0.25) is 15.1 Å². The van der Waals surface area contributed by atoms with E-state index < -0.39 is 29.8 Å². The Hall–Kier alpha value is -4.82. The summed E-state index contributed by atoms with van der Waals surface area (Å²) in [5.74, 6) is -1.27. The maximum Gasteiger partial charge on any atom is 0.255 e. The quantitative estimate of drug-likeness (QED) is 0.116. The van der Waals surface area contributed by atoms with Crippen LogP contribution in [-0.2, 0) is 29.0 Å². The van der Waals surface area contributed by atoms with Crippen molar-refractivity contribution in [3.8, 4) is 5.75 Å². The molecule has 0 fully saturated rings. The second-order valence-corrected chi connectivity index (χ2v) is 12.3. The molecule has 0 radical (unpaired) electrons. The SMILES string of the molecule is O=C(N[C@@H](Cc1ccccc1)C(=O)N[C@@H](Cc1ccccc1)C(=O)Nc1ccc(Cl)c(Cl)c1)c1cc(Cl)ccc1OCc1ccccc1. The van der Waals surface area contributed by atoms with E-state index in [1.807, 2.05) is 91.0 Å². The van der Waals surface area contributed by atoms with Crippen molar-refractivity contribution in [2.75, 3.05) is 5.32 Å². The lowest BCUT2D eigenvalue weighted by Gasteiger charge is -2.24. The highest BCUT2D eigenvalue weighted by molar-refractivity contribution is 6.42. The summed E-state index contributed by atoms with van der Waals surface area (Å²) in [5.41, 5.74) is 3.14. The molecule has 5 rings (SSSR count). The van der Waals surface area contributed by atoms with Gasteiger partial charge in [0.15, 0.2) is 0 Å². The van der Waals surface area contributed by atoms with Gasteiger partial charge in [0.2, 0.25) is 11.8 Å². The van der Waals surface area contributed by atoms with Crippen LogP contribution in [0.3, 0.4) is 0 Å². The lowest BCUT2D eigenvalue weighted by molar-refractivity contribution is -0.127. The molecular weight excluding hydrogens is 669 g/mol. The Bertz CT molecular complexity index is 1860. The number of rotatable bonds is 13. The molecule has 244 valence electrons. The van der Waals surface area contributed by atoms with Crippen molar-refractivity contribution in [2.45, 2.75) is 31.5 Å². The minimum atomic E-state index is -1.06.